The van der Waals surface area contributed by atoms with Crippen molar-refractivity contribution in [1.82, 2.24) is 0 Å². The van der Waals surface area contributed by atoms with E-state index in [2.05, 4.69) is 42.7 Å². The second kappa shape index (κ2) is 33.1. The van der Waals surface area contributed by atoms with Gasteiger partial charge in [0.1, 0.15) is 12.6 Å². The number of rotatable bonds is 35. The van der Waals surface area contributed by atoms with E-state index in [4.69, 9.17) is 24.8 Å². The third-order valence-corrected chi connectivity index (χ3v) is 8.88. The van der Waals surface area contributed by atoms with Gasteiger partial charge in [0.25, 0.3) is 0 Å². The van der Waals surface area contributed by atoms with Crippen LogP contribution in [0.25, 0.3) is 0 Å². The molecule has 3 atom stereocenters. The average Bonchev–Trinajstić information content (AvgIpc) is 3.07. The van der Waals surface area contributed by atoms with Crippen molar-refractivity contribution in [2.45, 2.75) is 174 Å². The molecule has 3 unspecified atom stereocenters. The van der Waals surface area contributed by atoms with Crippen LogP contribution in [0, 0.1) is 0 Å². The lowest BCUT2D eigenvalue weighted by atomic mass is 10.0. The molecule has 286 valence electrons. The molecular weight excluding hydrogens is 649 g/mol. The largest absolute Gasteiger partial charge is 0.480 e. The molecule has 0 fully saturated rings. The van der Waals surface area contributed by atoms with Crippen molar-refractivity contribution in [2.24, 2.45) is 5.73 Å². The second-order valence-corrected chi connectivity index (χ2v) is 14.2. The maximum atomic E-state index is 12.5. The summed E-state index contributed by atoms with van der Waals surface area (Å²) in [6.07, 6.45) is 31.0. The average molecular weight is 718 g/mol. The fraction of sp³-hybridized carbons (Fsp3) is 0.811. The number of aliphatic carboxylic acids is 1. The Hall–Kier alpha value is -2.04. The van der Waals surface area contributed by atoms with Crippen LogP contribution in [-0.2, 0) is 37.5 Å². The molecule has 4 N–H and O–H groups in total. The fourth-order valence-electron chi connectivity index (χ4n) is 4.92. The zero-order chi connectivity index (χ0) is 36.4. The Balaban J connectivity index is 4.47. The Morgan fingerprint density at radius 3 is 1.67 bits per heavy atom. The van der Waals surface area contributed by atoms with Crippen molar-refractivity contribution >= 4 is 25.7 Å². The van der Waals surface area contributed by atoms with Gasteiger partial charge in [0, 0.05) is 12.8 Å². The molecule has 0 aliphatic rings. The predicted octanol–water partition coefficient (Wildman–Crippen LogP) is 9.11. The zero-order valence-corrected chi connectivity index (χ0v) is 31.4. The number of carbonyl (C=O) groups is 3. The number of hydrogen-bond acceptors (Lipinski definition) is 9. The lowest BCUT2D eigenvalue weighted by molar-refractivity contribution is -0.161. The van der Waals surface area contributed by atoms with Crippen LogP contribution < -0.4 is 5.73 Å². The van der Waals surface area contributed by atoms with Crippen LogP contribution in [0.3, 0.4) is 0 Å². The van der Waals surface area contributed by atoms with Crippen LogP contribution in [0.5, 0.6) is 0 Å². The number of nitrogens with two attached hydrogens (primary N) is 1. The second-order valence-electron chi connectivity index (χ2n) is 12.7. The number of unbranched alkanes of at least 4 members (excludes halogenated alkanes) is 17. The molecule has 0 spiro atoms. The van der Waals surface area contributed by atoms with E-state index >= 15 is 0 Å². The first-order valence-corrected chi connectivity index (χ1v) is 20.4. The maximum absolute atomic E-state index is 12.5. The van der Waals surface area contributed by atoms with Gasteiger partial charge in [-0.25, -0.2) is 4.57 Å². The molecule has 0 bridgehead atoms. The van der Waals surface area contributed by atoms with Crippen LogP contribution in [0.2, 0.25) is 0 Å². The highest BCUT2D eigenvalue weighted by Gasteiger charge is 2.28. The van der Waals surface area contributed by atoms with Crippen molar-refractivity contribution in [3.8, 4) is 0 Å². The van der Waals surface area contributed by atoms with Crippen molar-refractivity contribution in [3.05, 3.63) is 24.3 Å². The number of carboxylic acid groups (broad SMARTS) is 1. The maximum Gasteiger partial charge on any atom is 0.472 e. The van der Waals surface area contributed by atoms with Gasteiger partial charge < -0.3 is 25.2 Å². The van der Waals surface area contributed by atoms with E-state index in [9.17, 15) is 23.8 Å². The number of phosphoric acid groups is 1. The van der Waals surface area contributed by atoms with Gasteiger partial charge in [-0.1, -0.05) is 134 Å². The van der Waals surface area contributed by atoms with E-state index in [0.717, 1.165) is 70.6 Å². The number of ether oxygens (including phenoxy) is 2. The summed E-state index contributed by atoms with van der Waals surface area (Å²) in [6, 6.07) is -1.52. The van der Waals surface area contributed by atoms with E-state index in [-0.39, 0.29) is 19.4 Å². The molecule has 0 aromatic rings. The first kappa shape index (κ1) is 47.0. The lowest BCUT2D eigenvalue weighted by Gasteiger charge is -2.20. The molecule has 0 heterocycles. The van der Waals surface area contributed by atoms with Gasteiger partial charge in [-0.15, -0.1) is 0 Å². The highest BCUT2D eigenvalue weighted by molar-refractivity contribution is 7.47. The molecule has 0 aromatic heterocycles. The molecule has 49 heavy (non-hydrogen) atoms. The Kier molecular flexibility index (Phi) is 31.7. The summed E-state index contributed by atoms with van der Waals surface area (Å²) >= 11 is 0. The van der Waals surface area contributed by atoms with Crippen LogP contribution >= 0.6 is 7.82 Å². The zero-order valence-electron chi connectivity index (χ0n) is 30.5. The topological polar surface area (TPSA) is 172 Å². The van der Waals surface area contributed by atoms with Gasteiger partial charge in [-0.05, 0) is 38.5 Å². The van der Waals surface area contributed by atoms with Crippen LogP contribution in [-0.4, -0.2) is 59.9 Å². The van der Waals surface area contributed by atoms with Gasteiger partial charge >= 0.3 is 25.7 Å². The summed E-state index contributed by atoms with van der Waals surface area (Å²) in [7, 11) is -4.71. The van der Waals surface area contributed by atoms with Crippen LogP contribution in [0.4, 0.5) is 0 Å². The molecule has 12 heteroatoms. The first-order valence-electron chi connectivity index (χ1n) is 18.9. The highest BCUT2D eigenvalue weighted by atomic mass is 31.2. The van der Waals surface area contributed by atoms with E-state index < -0.39 is 51.1 Å². The monoisotopic (exact) mass is 717 g/mol. The normalized spacial score (nSPS) is 14.2. The Bertz CT molecular complexity index is 942. The molecular formula is C37H68NO10P. The van der Waals surface area contributed by atoms with Gasteiger partial charge in [0.05, 0.1) is 13.2 Å². The van der Waals surface area contributed by atoms with Gasteiger partial charge in [0.2, 0.25) is 0 Å². The Morgan fingerprint density at radius 1 is 0.633 bits per heavy atom. The molecule has 0 aliphatic heterocycles. The fourth-order valence-corrected chi connectivity index (χ4v) is 5.70. The lowest BCUT2D eigenvalue weighted by Crippen LogP contribution is -2.34. The SMILES string of the molecule is CCC/C=C\C/C=C\CCCCCCCC(=O)OC(COC(=O)CCCCCCCCCCCCCC)COP(=O)(O)OCC(N)C(=O)O. The first-order chi connectivity index (χ1) is 23.6. The molecule has 11 nitrogen and oxygen atoms in total. The number of allylic oxidation sites excluding steroid dienone is 4. The predicted molar refractivity (Wildman–Crippen MR) is 194 cm³/mol. The summed E-state index contributed by atoms with van der Waals surface area (Å²) in [5.74, 6) is -2.40. The van der Waals surface area contributed by atoms with Crippen molar-refractivity contribution < 1.29 is 47.5 Å². The van der Waals surface area contributed by atoms with E-state index in [1.165, 1.54) is 51.4 Å². The number of phosphoric ester groups is 1. The number of hydrogen-bond donors (Lipinski definition) is 3. The molecule has 0 aromatic carbocycles. The Labute approximate surface area is 296 Å². The van der Waals surface area contributed by atoms with E-state index in [1.54, 1.807) is 0 Å². The number of esters is 2. The summed E-state index contributed by atoms with van der Waals surface area (Å²) < 4.78 is 32.5. The van der Waals surface area contributed by atoms with Crippen molar-refractivity contribution in [2.75, 3.05) is 19.8 Å². The summed E-state index contributed by atoms with van der Waals surface area (Å²) in [6.45, 7) is 2.70. The van der Waals surface area contributed by atoms with Crippen LogP contribution in [0.15, 0.2) is 24.3 Å². The standard InChI is InChI=1S/C37H68NO10P/c1-3-5-7-9-11-13-15-17-19-21-23-25-27-29-36(40)48-33(31-46-49(43,44)47-32-34(38)37(41)42)30-45-35(39)28-26-24-22-20-18-16-14-12-10-8-6-4-2/h7,9,13,15,33-34H,3-6,8,10-12,14,16-32,38H2,1-2H3,(H,41,42)(H,43,44)/b9-7-,15-13-. The minimum Gasteiger partial charge on any atom is -0.480 e. The van der Waals surface area contributed by atoms with E-state index in [0.29, 0.717) is 12.8 Å². The van der Waals surface area contributed by atoms with Crippen molar-refractivity contribution in [1.29, 1.82) is 0 Å². The molecule has 0 saturated heterocycles. The van der Waals surface area contributed by atoms with Gasteiger partial charge in [0.15, 0.2) is 6.10 Å². The minimum absolute atomic E-state index is 0.147. The third kappa shape index (κ3) is 32.9. The summed E-state index contributed by atoms with van der Waals surface area (Å²) in [5.41, 5.74) is 5.31. The minimum atomic E-state index is -4.71. The van der Waals surface area contributed by atoms with Crippen LogP contribution in [0.1, 0.15) is 162 Å². The third-order valence-electron chi connectivity index (χ3n) is 7.93. The summed E-state index contributed by atoms with van der Waals surface area (Å²) in [5, 5.41) is 8.85. The molecule has 0 saturated carbocycles. The Morgan fingerprint density at radius 2 is 1.12 bits per heavy atom. The van der Waals surface area contributed by atoms with Gasteiger partial charge in [-0.3, -0.25) is 23.4 Å². The van der Waals surface area contributed by atoms with E-state index in [1.807, 2.05) is 0 Å². The number of carbonyl (C=O) groups excluding carboxylic acids is 2. The van der Waals surface area contributed by atoms with Crippen molar-refractivity contribution in [3.63, 3.8) is 0 Å². The molecule has 0 rings (SSSR count). The highest BCUT2D eigenvalue weighted by Crippen LogP contribution is 2.43. The molecule has 0 aliphatic carbocycles. The van der Waals surface area contributed by atoms with Gasteiger partial charge in [-0.2, -0.15) is 0 Å². The molecule has 0 radical (unpaired) electrons. The molecule has 0 amide bonds. The number of carboxylic acids is 1. The summed E-state index contributed by atoms with van der Waals surface area (Å²) in [4.78, 5) is 45.7. The quantitative estimate of drug-likeness (QED) is 0.0247. The smallest absolute Gasteiger partial charge is 0.472 e.